The fourth-order valence-corrected chi connectivity index (χ4v) is 3.14. The van der Waals surface area contributed by atoms with Gasteiger partial charge in [0, 0.05) is 28.4 Å². The minimum atomic E-state index is 0.980. The molecule has 2 aromatic carbocycles. The highest BCUT2D eigenvalue weighted by Gasteiger charge is 2.21. The van der Waals surface area contributed by atoms with Crippen molar-refractivity contribution < 1.29 is 0 Å². The smallest absolute Gasteiger partial charge is 0.0571 e. The third-order valence-corrected chi connectivity index (χ3v) is 3.96. The summed E-state index contributed by atoms with van der Waals surface area (Å²) in [7, 11) is 0. The predicted octanol–water partition coefficient (Wildman–Crippen LogP) is 4.77. The summed E-state index contributed by atoms with van der Waals surface area (Å²) in [5.74, 6) is 0. The first-order valence-corrected chi connectivity index (χ1v) is 6.72. The minimum Gasteiger partial charge on any atom is -0.335 e. The summed E-state index contributed by atoms with van der Waals surface area (Å²) in [4.78, 5) is 0. The van der Waals surface area contributed by atoms with Crippen LogP contribution in [-0.4, -0.2) is 4.57 Å². The number of benzene rings is 2. The van der Waals surface area contributed by atoms with E-state index in [2.05, 4.69) is 72.2 Å². The highest BCUT2D eigenvalue weighted by Crippen LogP contribution is 2.39. The number of nitrogens with zero attached hydrogens (tertiary/aromatic N) is 1. The Morgan fingerprint density at radius 2 is 1.84 bits per heavy atom. The highest BCUT2D eigenvalue weighted by molar-refractivity contribution is 6.13. The average Bonchev–Trinajstić information content (AvgIpc) is 2.98. The first kappa shape index (κ1) is 10.6. The van der Waals surface area contributed by atoms with Crippen molar-refractivity contribution in [3.63, 3.8) is 0 Å². The lowest BCUT2D eigenvalue weighted by atomic mass is 10.0. The molecular weight excluding hydrogens is 230 g/mol. The average molecular weight is 245 g/mol. The predicted molar refractivity (Wildman–Crippen MR) is 82.2 cm³/mol. The molecule has 0 atom stereocenters. The number of hydrogen-bond acceptors (Lipinski definition) is 0. The fourth-order valence-electron chi connectivity index (χ4n) is 3.14. The Kier molecular flexibility index (Phi) is 2.16. The molecule has 0 bridgehead atoms. The number of fused-ring (bicyclic) bond motifs is 3. The third kappa shape index (κ3) is 1.36. The largest absolute Gasteiger partial charge is 0.335 e. The molecule has 0 saturated heterocycles. The molecule has 0 unspecified atom stereocenters. The molecule has 4 rings (SSSR count). The lowest BCUT2D eigenvalue weighted by Crippen LogP contribution is -1.90. The molecule has 0 aliphatic carbocycles. The molecule has 1 aliphatic rings. The van der Waals surface area contributed by atoms with Gasteiger partial charge in [0.25, 0.3) is 0 Å². The summed E-state index contributed by atoms with van der Waals surface area (Å²) in [5, 5.41) is 2.74. The zero-order chi connectivity index (χ0) is 12.8. The second-order valence-electron chi connectivity index (χ2n) is 5.02. The van der Waals surface area contributed by atoms with Crippen molar-refractivity contribution >= 4 is 27.4 Å². The maximum Gasteiger partial charge on any atom is 0.0571 e. The molecule has 1 aliphatic heterocycles. The zero-order valence-corrected chi connectivity index (χ0v) is 10.9. The van der Waals surface area contributed by atoms with Gasteiger partial charge in [-0.15, -0.1) is 0 Å². The van der Waals surface area contributed by atoms with Gasteiger partial charge < -0.3 is 4.57 Å². The van der Waals surface area contributed by atoms with Gasteiger partial charge in [-0.25, -0.2) is 0 Å². The quantitative estimate of drug-likeness (QED) is 0.582. The molecule has 0 saturated carbocycles. The summed E-state index contributed by atoms with van der Waals surface area (Å²) < 4.78 is 2.44. The summed E-state index contributed by atoms with van der Waals surface area (Å²) in [6, 6.07) is 15.3. The van der Waals surface area contributed by atoms with E-state index in [0.717, 1.165) is 6.54 Å². The normalized spacial score (nSPS) is 16.4. The Balaban J connectivity index is 2.14. The number of aromatic nitrogens is 1. The lowest BCUT2D eigenvalue weighted by Gasteiger charge is -2.01. The zero-order valence-electron chi connectivity index (χ0n) is 10.9. The Labute approximate surface area is 112 Å². The van der Waals surface area contributed by atoms with Crippen molar-refractivity contribution in [1.82, 2.24) is 4.57 Å². The third-order valence-electron chi connectivity index (χ3n) is 3.96. The van der Waals surface area contributed by atoms with Crippen LogP contribution in [0.3, 0.4) is 0 Å². The van der Waals surface area contributed by atoms with Crippen LogP contribution in [0.25, 0.3) is 27.4 Å². The van der Waals surface area contributed by atoms with Crippen LogP contribution in [0.5, 0.6) is 0 Å². The lowest BCUT2D eigenvalue weighted by molar-refractivity contribution is 0.947. The van der Waals surface area contributed by atoms with Gasteiger partial charge in [-0.1, -0.05) is 54.6 Å². The van der Waals surface area contributed by atoms with Gasteiger partial charge in [0.1, 0.15) is 0 Å². The molecule has 3 aromatic rings. The van der Waals surface area contributed by atoms with Crippen molar-refractivity contribution in [2.24, 2.45) is 0 Å². The number of para-hydroxylation sites is 2. The molecule has 0 fully saturated rings. The molecule has 1 nitrogen and oxygen atoms in total. The molecule has 19 heavy (non-hydrogen) atoms. The Morgan fingerprint density at radius 3 is 2.74 bits per heavy atom. The van der Waals surface area contributed by atoms with Gasteiger partial charge in [-0.3, -0.25) is 0 Å². The maximum absolute atomic E-state index is 2.44. The van der Waals surface area contributed by atoms with Crippen molar-refractivity contribution in [3.05, 3.63) is 66.3 Å². The van der Waals surface area contributed by atoms with Gasteiger partial charge >= 0.3 is 0 Å². The van der Waals surface area contributed by atoms with Gasteiger partial charge in [0.05, 0.1) is 5.52 Å². The molecule has 92 valence electrons. The number of allylic oxidation sites excluding steroid dienone is 4. The van der Waals surface area contributed by atoms with E-state index < -0.39 is 0 Å². The molecule has 0 spiro atoms. The van der Waals surface area contributed by atoms with Crippen LogP contribution >= 0.6 is 0 Å². The second-order valence-corrected chi connectivity index (χ2v) is 5.02. The molecule has 1 heteroatoms. The van der Waals surface area contributed by atoms with E-state index in [9.17, 15) is 0 Å². The monoisotopic (exact) mass is 245 g/mol. The van der Waals surface area contributed by atoms with Gasteiger partial charge in [-0.05, 0) is 18.6 Å². The molecule has 0 amide bonds. The van der Waals surface area contributed by atoms with Crippen molar-refractivity contribution in [2.75, 3.05) is 0 Å². The molecule has 2 heterocycles. The van der Waals surface area contributed by atoms with E-state index in [1.165, 1.54) is 32.9 Å². The number of hydrogen-bond donors (Lipinski definition) is 0. The standard InChI is InChI=1S/C18H15N/c1-2-3-7-13-12-19-17-11-5-4-8-15(17)16-10-6-9-14(13)18(16)19/h2-11H,12H2,1H3/b3-2-,13-7+. The van der Waals surface area contributed by atoms with Crippen LogP contribution in [0.1, 0.15) is 12.5 Å². The van der Waals surface area contributed by atoms with Gasteiger partial charge in [0.2, 0.25) is 0 Å². The van der Waals surface area contributed by atoms with Crippen LogP contribution in [0, 0.1) is 0 Å². The van der Waals surface area contributed by atoms with Crippen LogP contribution < -0.4 is 0 Å². The fraction of sp³-hybridized carbons (Fsp3) is 0.111. The highest BCUT2D eigenvalue weighted by atomic mass is 15.0. The van der Waals surface area contributed by atoms with Gasteiger partial charge in [0.15, 0.2) is 0 Å². The minimum absolute atomic E-state index is 0.980. The van der Waals surface area contributed by atoms with E-state index in [1.807, 2.05) is 0 Å². The first-order valence-electron chi connectivity index (χ1n) is 6.72. The summed E-state index contributed by atoms with van der Waals surface area (Å²) >= 11 is 0. The van der Waals surface area contributed by atoms with E-state index in [-0.39, 0.29) is 0 Å². The van der Waals surface area contributed by atoms with Crippen LogP contribution in [0.2, 0.25) is 0 Å². The molecular formula is C18H15N. The van der Waals surface area contributed by atoms with Crippen LogP contribution in [0.4, 0.5) is 0 Å². The van der Waals surface area contributed by atoms with Crippen LogP contribution in [0.15, 0.2) is 60.7 Å². The van der Waals surface area contributed by atoms with Crippen molar-refractivity contribution in [1.29, 1.82) is 0 Å². The SMILES string of the molecule is C/C=C\C=C1/Cn2c3ccccc3c3cccc1c32. The van der Waals surface area contributed by atoms with Crippen molar-refractivity contribution in [2.45, 2.75) is 13.5 Å². The maximum atomic E-state index is 2.44. The second kappa shape index (κ2) is 3.86. The Bertz CT molecular complexity index is 847. The molecule has 1 aromatic heterocycles. The topological polar surface area (TPSA) is 4.93 Å². The van der Waals surface area contributed by atoms with Crippen molar-refractivity contribution in [3.8, 4) is 0 Å². The molecule has 0 N–H and O–H groups in total. The van der Waals surface area contributed by atoms with E-state index >= 15 is 0 Å². The Morgan fingerprint density at radius 1 is 1.00 bits per heavy atom. The van der Waals surface area contributed by atoms with Gasteiger partial charge in [-0.2, -0.15) is 0 Å². The summed E-state index contributed by atoms with van der Waals surface area (Å²) in [6.45, 7) is 3.04. The number of rotatable bonds is 1. The summed E-state index contributed by atoms with van der Waals surface area (Å²) in [5.41, 5.74) is 5.52. The van der Waals surface area contributed by atoms with Crippen LogP contribution in [-0.2, 0) is 6.54 Å². The van der Waals surface area contributed by atoms with E-state index in [4.69, 9.17) is 0 Å². The Hall–Kier alpha value is -2.28. The van der Waals surface area contributed by atoms with E-state index in [0.29, 0.717) is 0 Å². The van der Waals surface area contributed by atoms with E-state index in [1.54, 1.807) is 0 Å². The first-order chi connectivity index (χ1) is 9.40. The molecule has 0 radical (unpaired) electrons. The summed E-state index contributed by atoms with van der Waals surface area (Å²) in [6.07, 6.45) is 6.44.